The van der Waals surface area contributed by atoms with Crippen LogP contribution in [0.2, 0.25) is 0 Å². The van der Waals surface area contributed by atoms with E-state index in [4.69, 9.17) is 9.47 Å². The molecule has 0 fully saturated rings. The van der Waals surface area contributed by atoms with E-state index >= 15 is 0 Å². The van der Waals surface area contributed by atoms with Crippen molar-refractivity contribution in [2.45, 2.75) is 0 Å². The van der Waals surface area contributed by atoms with E-state index in [1.807, 2.05) is 24.3 Å². The fourth-order valence-corrected chi connectivity index (χ4v) is 1.46. The molecule has 2 aromatic carbocycles. The van der Waals surface area contributed by atoms with Crippen LogP contribution < -0.4 is 10.1 Å². The van der Waals surface area contributed by atoms with Crippen molar-refractivity contribution in [1.82, 2.24) is 0 Å². The lowest BCUT2D eigenvalue weighted by Gasteiger charge is -2.08. The van der Waals surface area contributed by atoms with Crippen LogP contribution in [0.15, 0.2) is 48.5 Å². The molecule has 2 aromatic rings. The lowest BCUT2D eigenvalue weighted by atomic mass is 10.2. The summed E-state index contributed by atoms with van der Waals surface area (Å²) in [5.41, 5.74) is 1.74. The highest BCUT2D eigenvalue weighted by atomic mass is 19.1. The Balaban J connectivity index is 1.99. The Bertz CT molecular complexity index is 482. The average molecular weight is 247 g/mol. The molecular weight excluding hydrogens is 233 g/mol. The topological polar surface area (TPSA) is 30.5 Å². The van der Waals surface area contributed by atoms with Gasteiger partial charge >= 0.3 is 0 Å². The molecule has 2 rings (SSSR count). The van der Waals surface area contributed by atoms with Gasteiger partial charge < -0.3 is 14.8 Å². The number of rotatable bonds is 5. The SMILES string of the molecule is COCOc1ccc(Nc2ccc(F)cc2)cc1. The van der Waals surface area contributed by atoms with E-state index < -0.39 is 0 Å². The quantitative estimate of drug-likeness (QED) is 0.819. The molecule has 0 radical (unpaired) electrons. The lowest BCUT2D eigenvalue weighted by molar-refractivity contribution is 0.0511. The van der Waals surface area contributed by atoms with E-state index in [9.17, 15) is 4.39 Å². The van der Waals surface area contributed by atoms with Gasteiger partial charge in [0.25, 0.3) is 0 Å². The van der Waals surface area contributed by atoms with Crippen molar-refractivity contribution < 1.29 is 13.9 Å². The minimum atomic E-state index is -0.246. The highest BCUT2D eigenvalue weighted by Gasteiger charge is 1.97. The van der Waals surface area contributed by atoms with Crippen LogP contribution in [-0.4, -0.2) is 13.9 Å². The number of hydrogen-bond donors (Lipinski definition) is 1. The minimum absolute atomic E-state index is 0.227. The highest BCUT2D eigenvalue weighted by molar-refractivity contribution is 5.60. The summed E-state index contributed by atoms with van der Waals surface area (Å²) in [6.07, 6.45) is 0. The summed E-state index contributed by atoms with van der Waals surface area (Å²) in [5, 5.41) is 3.16. The molecule has 0 aliphatic carbocycles. The van der Waals surface area contributed by atoms with Gasteiger partial charge in [-0.3, -0.25) is 0 Å². The summed E-state index contributed by atoms with van der Waals surface area (Å²) in [6, 6.07) is 13.6. The molecule has 0 aliphatic heterocycles. The van der Waals surface area contributed by atoms with Crippen molar-refractivity contribution in [2.75, 3.05) is 19.2 Å². The molecule has 0 heterocycles. The van der Waals surface area contributed by atoms with Crippen LogP contribution in [0, 0.1) is 5.82 Å². The van der Waals surface area contributed by atoms with Gasteiger partial charge in [0, 0.05) is 18.5 Å². The summed E-state index contributed by atoms with van der Waals surface area (Å²) < 4.78 is 22.8. The van der Waals surface area contributed by atoms with Crippen molar-refractivity contribution >= 4 is 11.4 Å². The molecule has 18 heavy (non-hydrogen) atoms. The number of methoxy groups -OCH3 is 1. The molecule has 0 aliphatic rings. The molecule has 1 N–H and O–H groups in total. The van der Waals surface area contributed by atoms with Gasteiger partial charge in [-0.25, -0.2) is 4.39 Å². The Labute approximate surface area is 105 Å². The molecule has 0 saturated heterocycles. The van der Waals surface area contributed by atoms with Gasteiger partial charge in [-0.2, -0.15) is 0 Å². The smallest absolute Gasteiger partial charge is 0.188 e. The Morgan fingerprint density at radius 1 is 0.944 bits per heavy atom. The van der Waals surface area contributed by atoms with Crippen molar-refractivity contribution in [3.63, 3.8) is 0 Å². The van der Waals surface area contributed by atoms with E-state index in [0.29, 0.717) is 0 Å². The molecule has 0 unspecified atom stereocenters. The molecule has 0 bridgehead atoms. The van der Waals surface area contributed by atoms with Gasteiger partial charge in [-0.05, 0) is 48.5 Å². The lowest BCUT2D eigenvalue weighted by Crippen LogP contribution is -1.98. The van der Waals surface area contributed by atoms with Crippen LogP contribution in [-0.2, 0) is 4.74 Å². The number of anilines is 2. The van der Waals surface area contributed by atoms with E-state index in [1.165, 1.54) is 12.1 Å². The van der Waals surface area contributed by atoms with E-state index in [2.05, 4.69) is 5.32 Å². The van der Waals surface area contributed by atoms with Crippen LogP contribution in [0.3, 0.4) is 0 Å². The van der Waals surface area contributed by atoms with Crippen LogP contribution in [0.25, 0.3) is 0 Å². The molecule has 3 nitrogen and oxygen atoms in total. The fourth-order valence-electron chi connectivity index (χ4n) is 1.46. The Morgan fingerprint density at radius 3 is 2.06 bits per heavy atom. The summed E-state index contributed by atoms with van der Waals surface area (Å²) >= 11 is 0. The standard InChI is InChI=1S/C14H14FNO2/c1-17-10-18-14-8-6-13(7-9-14)16-12-4-2-11(15)3-5-12/h2-9,16H,10H2,1H3. The predicted octanol–water partition coefficient (Wildman–Crippen LogP) is 3.55. The molecule has 0 saturated carbocycles. The molecule has 94 valence electrons. The van der Waals surface area contributed by atoms with Crippen molar-refractivity contribution in [3.8, 4) is 5.75 Å². The monoisotopic (exact) mass is 247 g/mol. The average Bonchev–Trinajstić information content (AvgIpc) is 2.41. The Morgan fingerprint density at radius 2 is 1.50 bits per heavy atom. The number of ether oxygens (including phenoxy) is 2. The van der Waals surface area contributed by atoms with Crippen LogP contribution in [0.5, 0.6) is 5.75 Å². The van der Waals surface area contributed by atoms with Crippen LogP contribution in [0.1, 0.15) is 0 Å². The number of halogens is 1. The number of benzene rings is 2. The number of hydrogen-bond acceptors (Lipinski definition) is 3. The van der Waals surface area contributed by atoms with Crippen molar-refractivity contribution in [2.24, 2.45) is 0 Å². The molecule has 4 heteroatoms. The zero-order valence-corrected chi connectivity index (χ0v) is 10.0. The Hall–Kier alpha value is -2.07. The molecule has 0 spiro atoms. The molecule has 0 amide bonds. The minimum Gasteiger partial charge on any atom is -0.468 e. The molecule has 0 aromatic heterocycles. The van der Waals surface area contributed by atoms with Crippen LogP contribution >= 0.6 is 0 Å². The van der Waals surface area contributed by atoms with Gasteiger partial charge in [0.2, 0.25) is 0 Å². The normalized spacial score (nSPS) is 10.1. The highest BCUT2D eigenvalue weighted by Crippen LogP contribution is 2.20. The van der Waals surface area contributed by atoms with E-state index in [0.717, 1.165) is 17.1 Å². The fraction of sp³-hybridized carbons (Fsp3) is 0.143. The predicted molar refractivity (Wildman–Crippen MR) is 68.6 cm³/mol. The molecule has 0 atom stereocenters. The summed E-state index contributed by atoms with van der Waals surface area (Å²) in [4.78, 5) is 0. The third-order valence-electron chi connectivity index (χ3n) is 2.33. The van der Waals surface area contributed by atoms with Crippen molar-refractivity contribution in [3.05, 3.63) is 54.3 Å². The molecular formula is C14H14FNO2. The van der Waals surface area contributed by atoms with Gasteiger partial charge in [0.1, 0.15) is 11.6 Å². The summed E-state index contributed by atoms with van der Waals surface area (Å²) in [6.45, 7) is 0.227. The van der Waals surface area contributed by atoms with E-state index in [-0.39, 0.29) is 12.6 Å². The maximum atomic E-state index is 12.7. The zero-order chi connectivity index (χ0) is 12.8. The first-order chi connectivity index (χ1) is 8.78. The second kappa shape index (κ2) is 6.02. The zero-order valence-electron chi connectivity index (χ0n) is 10.0. The van der Waals surface area contributed by atoms with Crippen LogP contribution in [0.4, 0.5) is 15.8 Å². The third kappa shape index (κ3) is 3.46. The van der Waals surface area contributed by atoms with E-state index in [1.54, 1.807) is 19.2 Å². The summed E-state index contributed by atoms with van der Waals surface area (Å²) in [7, 11) is 1.57. The second-order valence-corrected chi connectivity index (χ2v) is 3.71. The maximum absolute atomic E-state index is 12.7. The third-order valence-corrected chi connectivity index (χ3v) is 2.33. The first kappa shape index (κ1) is 12.4. The Kier molecular flexibility index (Phi) is 4.15. The summed E-state index contributed by atoms with van der Waals surface area (Å²) in [5.74, 6) is 0.491. The first-order valence-corrected chi connectivity index (χ1v) is 5.52. The maximum Gasteiger partial charge on any atom is 0.188 e. The second-order valence-electron chi connectivity index (χ2n) is 3.71. The van der Waals surface area contributed by atoms with Gasteiger partial charge in [0.05, 0.1) is 0 Å². The number of nitrogens with one attached hydrogen (secondary N) is 1. The first-order valence-electron chi connectivity index (χ1n) is 5.52. The van der Waals surface area contributed by atoms with Gasteiger partial charge in [-0.1, -0.05) is 0 Å². The van der Waals surface area contributed by atoms with Gasteiger partial charge in [0.15, 0.2) is 6.79 Å². The van der Waals surface area contributed by atoms with Crippen molar-refractivity contribution in [1.29, 1.82) is 0 Å². The largest absolute Gasteiger partial charge is 0.468 e. The van der Waals surface area contributed by atoms with Gasteiger partial charge in [-0.15, -0.1) is 0 Å².